The summed E-state index contributed by atoms with van der Waals surface area (Å²) < 4.78 is 33.8. The number of sulfonamides is 1. The first-order valence-corrected chi connectivity index (χ1v) is 9.31. The van der Waals surface area contributed by atoms with Crippen LogP contribution in [0.4, 0.5) is 5.69 Å². The molecule has 0 amide bonds. The fraction of sp³-hybridized carbons (Fsp3) is 0.188. The average molecular weight is 414 g/mol. The maximum absolute atomic E-state index is 12.7. The lowest BCUT2D eigenvalue weighted by molar-refractivity contribution is 0.0697. The van der Waals surface area contributed by atoms with Crippen molar-refractivity contribution in [3.8, 4) is 5.75 Å². The lowest BCUT2D eigenvalue weighted by Gasteiger charge is -2.14. The summed E-state index contributed by atoms with van der Waals surface area (Å²) in [5, 5.41) is 8.98. The number of ether oxygens (including phenoxy) is 1. The lowest BCUT2D eigenvalue weighted by atomic mass is 10.1. The molecular weight excluding hydrogens is 398 g/mol. The van der Waals surface area contributed by atoms with Crippen LogP contribution in [0, 0.1) is 6.92 Å². The Kier molecular flexibility index (Phi) is 5.51. The van der Waals surface area contributed by atoms with E-state index in [0.29, 0.717) is 22.3 Å². The van der Waals surface area contributed by atoms with Gasteiger partial charge in [0.15, 0.2) is 0 Å². The topological polar surface area (TPSA) is 92.7 Å². The highest BCUT2D eigenvalue weighted by Gasteiger charge is 2.21. The summed E-state index contributed by atoms with van der Waals surface area (Å²) in [4.78, 5) is 11.0. The predicted octanol–water partition coefficient (Wildman–Crippen LogP) is 3.66. The molecule has 2 rings (SSSR count). The summed E-state index contributed by atoms with van der Waals surface area (Å²) in [6.45, 7) is 3.73. The molecule has 0 bridgehead atoms. The standard InChI is InChI=1S/C16H16BrNO5S/c1-3-23-14-7-5-12(17)9-15(14)24(21,22)18-13-6-4-11(16(19)20)8-10(13)2/h4-9,18H,3H2,1-2H3,(H,19,20). The first kappa shape index (κ1) is 18.3. The number of halogens is 1. The number of aromatic carboxylic acids is 1. The van der Waals surface area contributed by atoms with Crippen molar-refractivity contribution < 1.29 is 23.1 Å². The van der Waals surface area contributed by atoms with E-state index in [1.54, 1.807) is 26.0 Å². The molecule has 0 heterocycles. The van der Waals surface area contributed by atoms with Gasteiger partial charge in [0.1, 0.15) is 10.6 Å². The number of rotatable bonds is 6. The molecule has 0 saturated carbocycles. The first-order chi connectivity index (χ1) is 11.2. The molecule has 2 aromatic rings. The Bertz CT molecular complexity index is 880. The van der Waals surface area contributed by atoms with Gasteiger partial charge in [-0.2, -0.15) is 0 Å². The third-order valence-corrected chi connectivity index (χ3v) is 5.09. The second-order valence-electron chi connectivity index (χ2n) is 4.96. The van der Waals surface area contributed by atoms with Crippen LogP contribution in [-0.2, 0) is 10.0 Å². The Hall–Kier alpha value is -2.06. The van der Waals surface area contributed by atoms with Crippen LogP contribution in [0.1, 0.15) is 22.8 Å². The van der Waals surface area contributed by atoms with E-state index < -0.39 is 16.0 Å². The minimum Gasteiger partial charge on any atom is -0.492 e. The quantitative estimate of drug-likeness (QED) is 0.753. The highest BCUT2D eigenvalue weighted by molar-refractivity contribution is 9.10. The van der Waals surface area contributed by atoms with Crippen molar-refractivity contribution in [2.45, 2.75) is 18.7 Å². The summed E-state index contributed by atoms with van der Waals surface area (Å²) in [7, 11) is -3.90. The fourth-order valence-corrected chi connectivity index (χ4v) is 3.89. The molecule has 0 aliphatic carbocycles. The number of nitrogens with one attached hydrogen (secondary N) is 1. The van der Waals surface area contributed by atoms with Gasteiger partial charge in [0.25, 0.3) is 10.0 Å². The van der Waals surface area contributed by atoms with Gasteiger partial charge in [-0.25, -0.2) is 13.2 Å². The number of hydrogen-bond donors (Lipinski definition) is 2. The van der Waals surface area contributed by atoms with Gasteiger partial charge < -0.3 is 9.84 Å². The van der Waals surface area contributed by atoms with Gasteiger partial charge in [-0.3, -0.25) is 4.72 Å². The zero-order valence-electron chi connectivity index (χ0n) is 13.0. The second kappa shape index (κ2) is 7.23. The van der Waals surface area contributed by atoms with Crippen LogP contribution in [0.2, 0.25) is 0 Å². The number of anilines is 1. The van der Waals surface area contributed by atoms with E-state index in [9.17, 15) is 13.2 Å². The van der Waals surface area contributed by atoms with Crippen molar-refractivity contribution in [2.24, 2.45) is 0 Å². The van der Waals surface area contributed by atoms with Gasteiger partial charge in [-0.1, -0.05) is 15.9 Å². The van der Waals surface area contributed by atoms with E-state index in [1.165, 1.54) is 24.3 Å². The molecule has 128 valence electrons. The largest absolute Gasteiger partial charge is 0.492 e. The van der Waals surface area contributed by atoms with Gasteiger partial charge in [0.05, 0.1) is 17.9 Å². The summed E-state index contributed by atoms with van der Waals surface area (Å²) in [6.07, 6.45) is 0. The Balaban J connectivity index is 2.42. The van der Waals surface area contributed by atoms with Gasteiger partial charge in [0.2, 0.25) is 0 Å². The molecule has 0 unspecified atom stereocenters. The molecule has 2 aromatic carbocycles. The highest BCUT2D eigenvalue weighted by atomic mass is 79.9. The molecule has 0 aliphatic rings. The zero-order chi connectivity index (χ0) is 17.9. The maximum Gasteiger partial charge on any atom is 0.335 e. The van der Waals surface area contributed by atoms with E-state index in [0.717, 1.165) is 0 Å². The predicted molar refractivity (Wildman–Crippen MR) is 94.3 cm³/mol. The SMILES string of the molecule is CCOc1ccc(Br)cc1S(=O)(=O)Nc1ccc(C(=O)O)cc1C. The number of hydrogen-bond acceptors (Lipinski definition) is 4. The monoisotopic (exact) mass is 413 g/mol. The first-order valence-electron chi connectivity index (χ1n) is 7.03. The third kappa shape index (κ3) is 4.07. The molecule has 0 aromatic heterocycles. The summed E-state index contributed by atoms with van der Waals surface area (Å²) in [5.41, 5.74) is 0.904. The fourth-order valence-electron chi connectivity index (χ4n) is 2.08. The summed E-state index contributed by atoms with van der Waals surface area (Å²) in [6, 6.07) is 8.89. The van der Waals surface area contributed by atoms with Crippen LogP contribution in [0.3, 0.4) is 0 Å². The van der Waals surface area contributed by atoms with Crippen LogP contribution in [0.15, 0.2) is 45.8 Å². The molecule has 0 saturated heterocycles. The van der Waals surface area contributed by atoms with E-state index in [4.69, 9.17) is 9.84 Å². The number of carboxylic acid groups (broad SMARTS) is 1. The Morgan fingerprint density at radius 3 is 2.54 bits per heavy atom. The van der Waals surface area contributed by atoms with Crippen molar-refractivity contribution in [3.05, 3.63) is 52.0 Å². The summed E-state index contributed by atoms with van der Waals surface area (Å²) >= 11 is 3.25. The van der Waals surface area contributed by atoms with Gasteiger partial charge >= 0.3 is 5.97 Å². The van der Waals surface area contributed by atoms with Crippen LogP contribution in [-0.4, -0.2) is 26.1 Å². The zero-order valence-corrected chi connectivity index (χ0v) is 15.4. The molecule has 0 radical (unpaired) electrons. The number of carboxylic acids is 1. The molecule has 0 spiro atoms. The smallest absolute Gasteiger partial charge is 0.335 e. The molecular formula is C16H16BrNO5S. The third-order valence-electron chi connectivity index (χ3n) is 3.21. The Labute approximate surface area is 148 Å². The van der Waals surface area contributed by atoms with Crippen LogP contribution < -0.4 is 9.46 Å². The normalized spacial score (nSPS) is 11.1. The number of aryl methyl sites for hydroxylation is 1. The number of carbonyl (C=O) groups is 1. The average Bonchev–Trinajstić information content (AvgIpc) is 2.51. The Morgan fingerprint density at radius 1 is 1.25 bits per heavy atom. The van der Waals surface area contributed by atoms with Gasteiger partial charge in [0, 0.05) is 4.47 Å². The summed E-state index contributed by atoms with van der Waals surface area (Å²) in [5.74, 6) is -0.828. The second-order valence-corrected chi connectivity index (χ2v) is 7.53. The van der Waals surface area contributed by atoms with Crippen molar-refractivity contribution in [1.82, 2.24) is 0 Å². The van der Waals surface area contributed by atoms with Crippen molar-refractivity contribution in [3.63, 3.8) is 0 Å². The molecule has 0 atom stereocenters. The lowest BCUT2D eigenvalue weighted by Crippen LogP contribution is -2.15. The van der Waals surface area contributed by atoms with Crippen LogP contribution in [0.5, 0.6) is 5.75 Å². The molecule has 0 fully saturated rings. The van der Waals surface area contributed by atoms with E-state index in [-0.39, 0.29) is 16.2 Å². The van der Waals surface area contributed by atoms with E-state index in [1.807, 2.05) is 0 Å². The van der Waals surface area contributed by atoms with Gasteiger partial charge in [-0.15, -0.1) is 0 Å². The van der Waals surface area contributed by atoms with Crippen molar-refractivity contribution in [1.29, 1.82) is 0 Å². The molecule has 24 heavy (non-hydrogen) atoms. The Morgan fingerprint density at radius 2 is 1.96 bits per heavy atom. The van der Waals surface area contributed by atoms with Crippen molar-refractivity contribution in [2.75, 3.05) is 11.3 Å². The van der Waals surface area contributed by atoms with Crippen LogP contribution >= 0.6 is 15.9 Å². The molecule has 6 nitrogen and oxygen atoms in total. The minimum atomic E-state index is -3.90. The van der Waals surface area contributed by atoms with Crippen LogP contribution in [0.25, 0.3) is 0 Å². The van der Waals surface area contributed by atoms with Crippen molar-refractivity contribution >= 4 is 37.6 Å². The maximum atomic E-state index is 12.7. The van der Waals surface area contributed by atoms with E-state index >= 15 is 0 Å². The van der Waals surface area contributed by atoms with Gasteiger partial charge in [-0.05, 0) is 55.8 Å². The minimum absolute atomic E-state index is 0.000404. The molecule has 0 aliphatic heterocycles. The van der Waals surface area contributed by atoms with E-state index in [2.05, 4.69) is 20.7 Å². The highest BCUT2D eigenvalue weighted by Crippen LogP contribution is 2.30. The molecule has 2 N–H and O–H groups in total. The number of benzene rings is 2. The molecule has 8 heteroatoms.